The van der Waals surface area contributed by atoms with Crippen LogP contribution in [0.1, 0.15) is 13.8 Å². The largest absolute Gasteiger partial charge is 0.466 e. The molecule has 0 fully saturated rings. The molecule has 0 N–H and O–H groups in total. The Kier molecular flexibility index (Phi) is 11.2. The third kappa shape index (κ3) is 6.20. The Morgan fingerprint density at radius 1 is 0.590 bits per heavy atom. The van der Waals surface area contributed by atoms with E-state index < -0.39 is 65.8 Å². The highest BCUT2D eigenvalue weighted by atomic mass is 19.4. The van der Waals surface area contributed by atoms with Gasteiger partial charge >= 0.3 is 59.6 Å². The Hall–Kier alpha value is -2.77. The van der Waals surface area contributed by atoms with E-state index in [1.54, 1.807) is 13.5 Å². The van der Waals surface area contributed by atoms with Gasteiger partial charge in [0.15, 0.2) is 0 Å². The number of halogens is 17. The van der Waals surface area contributed by atoms with E-state index in [0.29, 0.717) is 5.57 Å². The molecule has 0 saturated carbocycles. The van der Waals surface area contributed by atoms with E-state index in [-0.39, 0.29) is 5.97 Å². The number of rotatable bonds is 10. The van der Waals surface area contributed by atoms with E-state index in [1.807, 2.05) is 0 Å². The maximum atomic E-state index is 13.6. The third-order valence-corrected chi connectivity index (χ3v) is 4.16. The molecule has 0 atom stereocenters. The molecule has 0 aliphatic carbocycles. The van der Waals surface area contributed by atoms with Crippen LogP contribution >= 0.6 is 0 Å². The van der Waals surface area contributed by atoms with Gasteiger partial charge < -0.3 is 9.47 Å². The molecule has 0 spiro atoms. The minimum atomic E-state index is -8.73. The van der Waals surface area contributed by atoms with Crippen molar-refractivity contribution in [2.75, 3.05) is 13.7 Å². The van der Waals surface area contributed by atoms with Crippen molar-refractivity contribution in [3.8, 4) is 0 Å². The van der Waals surface area contributed by atoms with Crippen molar-refractivity contribution in [2.24, 2.45) is 0 Å². The van der Waals surface area contributed by atoms with Gasteiger partial charge in [0, 0.05) is 5.57 Å². The van der Waals surface area contributed by atoms with Crippen LogP contribution in [-0.4, -0.2) is 73.3 Å². The predicted octanol–water partition coefficient (Wildman–Crippen LogP) is 6.85. The molecule has 0 aliphatic heterocycles. The van der Waals surface area contributed by atoms with Crippen molar-refractivity contribution in [1.82, 2.24) is 0 Å². The molecule has 0 aromatic heterocycles. The average molecular weight is 618 g/mol. The van der Waals surface area contributed by atoms with Crippen LogP contribution in [0.25, 0.3) is 0 Å². The highest BCUT2D eigenvalue weighted by molar-refractivity contribution is 5.90. The molecular weight excluding hydrogens is 603 g/mol. The van der Waals surface area contributed by atoms with E-state index in [4.69, 9.17) is 0 Å². The van der Waals surface area contributed by atoms with Crippen LogP contribution < -0.4 is 0 Å². The molecule has 0 radical (unpaired) electrons. The van der Waals surface area contributed by atoms with Crippen molar-refractivity contribution in [2.45, 2.75) is 61.5 Å². The fraction of sp³-hybridized carbons (Fsp3) is 0.667. The van der Waals surface area contributed by atoms with Crippen molar-refractivity contribution < 1.29 is 93.7 Å². The molecular formula is C18H15F17O4. The van der Waals surface area contributed by atoms with Crippen molar-refractivity contribution >= 4 is 11.9 Å². The first-order valence-corrected chi connectivity index (χ1v) is 9.14. The Balaban J connectivity index is 0. The predicted molar refractivity (Wildman–Crippen MR) is 93.3 cm³/mol. The van der Waals surface area contributed by atoms with Crippen LogP contribution in [0.2, 0.25) is 0 Å². The van der Waals surface area contributed by atoms with E-state index in [1.165, 1.54) is 7.11 Å². The molecule has 0 bridgehead atoms. The zero-order chi connectivity index (χ0) is 32.4. The number of methoxy groups -OCH3 is 1. The summed E-state index contributed by atoms with van der Waals surface area (Å²) >= 11 is 0. The van der Waals surface area contributed by atoms with Gasteiger partial charge in [-0.3, -0.25) is 0 Å². The normalized spacial score (nSPS) is 14.2. The average Bonchev–Trinajstić information content (AvgIpc) is 2.76. The first-order valence-electron chi connectivity index (χ1n) is 9.14. The SMILES string of the molecule is C=C(C(=O)OCC)C(F)(F)C(F)(F)C(F)(F)C(F)(F)C(F)(F)C(F)(F)C(F)(F)C(F)(F)F.C=C(C)C(=O)OC. The summed E-state index contributed by atoms with van der Waals surface area (Å²) in [5, 5.41) is 0. The minimum absolute atomic E-state index is 0.347. The zero-order valence-electron chi connectivity index (χ0n) is 19.2. The lowest BCUT2D eigenvalue weighted by Crippen LogP contribution is -2.74. The maximum Gasteiger partial charge on any atom is 0.460 e. The summed E-state index contributed by atoms with van der Waals surface area (Å²) in [6.45, 7) is 6.60. The van der Waals surface area contributed by atoms with E-state index in [9.17, 15) is 84.2 Å². The molecule has 0 rings (SSSR count). The molecule has 4 nitrogen and oxygen atoms in total. The molecule has 0 unspecified atom stereocenters. The number of carbonyl (C=O) groups is 2. The Bertz CT molecular complexity index is 934. The lowest BCUT2D eigenvalue weighted by atomic mass is 9.87. The Labute approximate surface area is 206 Å². The lowest BCUT2D eigenvalue weighted by molar-refractivity contribution is -0.460. The quantitative estimate of drug-likeness (QED) is 0.153. The minimum Gasteiger partial charge on any atom is -0.466 e. The summed E-state index contributed by atoms with van der Waals surface area (Å²) in [6, 6.07) is 0. The Morgan fingerprint density at radius 2 is 0.897 bits per heavy atom. The second-order valence-corrected chi connectivity index (χ2v) is 6.99. The number of carbonyl (C=O) groups excluding carboxylic acids is 2. The van der Waals surface area contributed by atoms with Crippen LogP contribution in [-0.2, 0) is 19.1 Å². The van der Waals surface area contributed by atoms with Crippen molar-refractivity contribution in [1.29, 1.82) is 0 Å². The van der Waals surface area contributed by atoms with E-state index in [2.05, 4.69) is 16.1 Å². The molecule has 0 aromatic rings. The molecule has 0 aromatic carbocycles. The Morgan fingerprint density at radius 3 is 1.13 bits per heavy atom. The second-order valence-electron chi connectivity index (χ2n) is 6.99. The van der Waals surface area contributed by atoms with Crippen LogP contribution in [0.3, 0.4) is 0 Å². The molecule has 21 heteroatoms. The highest BCUT2D eigenvalue weighted by Crippen LogP contribution is 2.64. The van der Waals surface area contributed by atoms with Crippen LogP contribution in [0.15, 0.2) is 24.3 Å². The molecule has 0 aliphatic rings. The first-order chi connectivity index (χ1) is 16.8. The van der Waals surface area contributed by atoms with E-state index >= 15 is 0 Å². The maximum absolute atomic E-state index is 13.6. The molecule has 230 valence electrons. The first kappa shape index (κ1) is 38.4. The summed E-state index contributed by atoms with van der Waals surface area (Å²) in [7, 11) is 1.33. The fourth-order valence-corrected chi connectivity index (χ4v) is 1.87. The number of ether oxygens (including phenoxy) is 2. The summed E-state index contributed by atoms with van der Waals surface area (Å²) in [6.07, 6.45) is -7.82. The second kappa shape index (κ2) is 11.4. The van der Waals surface area contributed by atoms with Gasteiger partial charge in [0.2, 0.25) is 0 Å². The molecule has 39 heavy (non-hydrogen) atoms. The number of hydrogen-bond donors (Lipinski definition) is 0. The van der Waals surface area contributed by atoms with Crippen molar-refractivity contribution in [3.63, 3.8) is 0 Å². The topological polar surface area (TPSA) is 52.6 Å². The number of alkyl halides is 17. The zero-order valence-corrected chi connectivity index (χ0v) is 19.2. The number of hydrogen-bond acceptors (Lipinski definition) is 4. The highest BCUT2D eigenvalue weighted by Gasteiger charge is 2.95. The van der Waals surface area contributed by atoms with Gasteiger partial charge in [-0.05, 0) is 13.8 Å². The summed E-state index contributed by atoms with van der Waals surface area (Å²) in [4.78, 5) is 21.1. The monoisotopic (exact) mass is 618 g/mol. The van der Waals surface area contributed by atoms with Gasteiger partial charge in [0.1, 0.15) is 5.57 Å². The van der Waals surface area contributed by atoms with Crippen LogP contribution in [0.4, 0.5) is 74.6 Å². The van der Waals surface area contributed by atoms with Gasteiger partial charge in [-0.15, -0.1) is 0 Å². The van der Waals surface area contributed by atoms with Crippen molar-refractivity contribution in [3.05, 3.63) is 24.3 Å². The fourth-order valence-electron chi connectivity index (χ4n) is 1.87. The summed E-state index contributed by atoms with van der Waals surface area (Å²) in [5.74, 6) is -60.8. The van der Waals surface area contributed by atoms with Gasteiger partial charge in [-0.1, -0.05) is 13.2 Å². The van der Waals surface area contributed by atoms with Gasteiger partial charge in [0.25, 0.3) is 0 Å². The van der Waals surface area contributed by atoms with Crippen LogP contribution in [0, 0.1) is 0 Å². The van der Waals surface area contributed by atoms with E-state index in [0.717, 1.165) is 6.92 Å². The number of esters is 2. The van der Waals surface area contributed by atoms with Gasteiger partial charge in [-0.25, -0.2) is 9.59 Å². The lowest BCUT2D eigenvalue weighted by Gasteiger charge is -2.42. The smallest absolute Gasteiger partial charge is 0.460 e. The summed E-state index contributed by atoms with van der Waals surface area (Å²) < 4.78 is 229. The van der Waals surface area contributed by atoms with Crippen LogP contribution in [0.5, 0.6) is 0 Å². The summed E-state index contributed by atoms with van der Waals surface area (Å²) in [5.41, 5.74) is -2.67. The third-order valence-electron chi connectivity index (χ3n) is 4.16. The molecule has 0 heterocycles. The molecule has 0 amide bonds. The van der Waals surface area contributed by atoms with Gasteiger partial charge in [0.05, 0.1) is 13.7 Å². The van der Waals surface area contributed by atoms with Gasteiger partial charge in [-0.2, -0.15) is 74.6 Å². The standard InChI is InChI=1S/C13H7F17O2.C5H8O2/c1-3-32-5(31)4(2)6(14,15)7(16,17)8(18,19)9(20,21)10(22,23)11(24,25)12(26,27)13(28,29)30;1-4(2)5(6)7-3/h2-3H2,1H3;1H2,2-3H3. The molecule has 0 saturated heterocycles.